The Morgan fingerprint density at radius 2 is 1.58 bits per heavy atom. The third kappa shape index (κ3) is 10.6. The summed E-state index contributed by atoms with van der Waals surface area (Å²) in [6.45, 7) is 17.7. The van der Waals surface area contributed by atoms with Gasteiger partial charge in [-0.05, 0) is 69.2 Å². The van der Waals surface area contributed by atoms with Crippen LogP contribution in [0, 0.1) is 23.7 Å². The van der Waals surface area contributed by atoms with Gasteiger partial charge in [-0.3, -0.25) is 4.79 Å². The maximum absolute atomic E-state index is 14.4. The smallest absolute Gasteiger partial charge is 0.316 e. The average molecular weight is 917 g/mol. The molecule has 0 aromatic carbocycles. The largest absolute Gasteiger partial charge is 0.462 e. The quantitative estimate of drug-likeness (QED) is 0.185. The van der Waals surface area contributed by atoms with Gasteiger partial charge in [-0.15, -0.1) is 0 Å². The molecule has 6 aliphatic heterocycles. The van der Waals surface area contributed by atoms with Crippen LogP contribution in [0.1, 0.15) is 101 Å². The molecule has 1 aliphatic carbocycles. The van der Waals surface area contributed by atoms with E-state index in [2.05, 4.69) is 26.0 Å². The normalized spacial score (nSPS) is 48.7. The highest BCUT2D eigenvalue weighted by Gasteiger charge is 2.60. The lowest BCUT2D eigenvalue weighted by Gasteiger charge is -2.51. The lowest BCUT2D eigenvalue weighted by atomic mass is 9.71. The van der Waals surface area contributed by atoms with Gasteiger partial charge in [0.1, 0.15) is 42.0 Å². The Morgan fingerprint density at radius 3 is 2.29 bits per heavy atom. The van der Waals surface area contributed by atoms with Gasteiger partial charge >= 0.3 is 5.97 Å². The molecule has 5 fully saturated rings. The predicted molar refractivity (Wildman–Crippen MR) is 238 cm³/mol. The van der Waals surface area contributed by atoms with E-state index in [1.807, 2.05) is 46.8 Å². The molecule has 2 unspecified atom stereocenters. The highest BCUT2D eigenvalue weighted by atomic mass is 16.7. The molecule has 0 aromatic rings. The Balaban J connectivity index is 1.20. The molecule has 0 amide bonds. The maximum atomic E-state index is 14.4. The van der Waals surface area contributed by atoms with Crippen LogP contribution in [0.3, 0.4) is 0 Å². The summed E-state index contributed by atoms with van der Waals surface area (Å²) in [6, 6.07) is 0. The number of rotatable bonds is 8. The van der Waals surface area contributed by atoms with Crippen LogP contribution in [0.25, 0.3) is 0 Å². The van der Waals surface area contributed by atoms with Gasteiger partial charge in [-0.25, -0.2) is 0 Å². The van der Waals surface area contributed by atoms with Gasteiger partial charge in [-0.1, -0.05) is 64.2 Å². The van der Waals surface area contributed by atoms with Gasteiger partial charge in [0, 0.05) is 58.2 Å². The second-order valence-electron chi connectivity index (χ2n) is 20.2. The van der Waals surface area contributed by atoms with E-state index >= 15 is 0 Å². The number of aliphatic hydroxyl groups is 4. The second kappa shape index (κ2) is 20.7. The predicted octanol–water partition coefficient (Wildman–Crippen LogP) is 5.13. The molecule has 0 saturated carbocycles. The van der Waals surface area contributed by atoms with Crippen molar-refractivity contribution in [1.29, 1.82) is 0 Å². The molecule has 0 radical (unpaired) electrons. The molecule has 7 aliphatic rings. The number of esters is 1. The van der Waals surface area contributed by atoms with Crippen LogP contribution in [0.2, 0.25) is 0 Å². The van der Waals surface area contributed by atoms with Crippen molar-refractivity contribution in [3.63, 3.8) is 0 Å². The lowest BCUT2D eigenvalue weighted by molar-refractivity contribution is -0.343. The zero-order valence-electron chi connectivity index (χ0n) is 40.2. The highest BCUT2D eigenvalue weighted by molar-refractivity contribution is 5.78. The molecule has 2 bridgehead atoms. The van der Waals surface area contributed by atoms with Gasteiger partial charge in [0.25, 0.3) is 0 Å². The molecule has 15 heteroatoms. The Bertz CT molecular complexity index is 1830. The van der Waals surface area contributed by atoms with Crippen LogP contribution in [0.4, 0.5) is 0 Å². The summed E-state index contributed by atoms with van der Waals surface area (Å²) < 4.78 is 63.8. The number of carbonyl (C=O) groups is 1. The monoisotopic (exact) mass is 917 g/mol. The van der Waals surface area contributed by atoms with Crippen molar-refractivity contribution in [2.75, 3.05) is 20.8 Å². The summed E-state index contributed by atoms with van der Waals surface area (Å²) in [5, 5.41) is 45.9. The Kier molecular flexibility index (Phi) is 16.1. The van der Waals surface area contributed by atoms with E-state index in [0.29, 0.717) is 36.8 Å². The van der Waals surface area contributed by atoms with Crippen LogP contribution in [0.15, 0.2) is 58.7 Å². The van der Waals surface area contributed by atoms with E-state index < -0.39 is 115 Å². The number of carbonyl (C=O) groups excluding carboxylic acids is 1. The van der Waals surface area contributed by atoms with E-state index in [9.17, 15) is 25.2 Å². The first kappa shape index (κ1) is 50.5. The first-order valence-corrected chi connectivity index (χ1v) is 23.8. The van der Waals surface area contributed by atoms with Gasteiger partial charge in [0.2, 0.25) is 0 Å². The van der Waals surface area contributed by atoms with Crippen molar-refractivity contribution in [2.24, 2.45) is 23.7 Å². The molecule has 366 valence electrons. The minimum atomic E-state index is -1.88. The van der Waals surface area contributed by atoms with E-state index in [1.54, 1.807) is 40.2 Å². The van der Waals surface area contributed by atoms with Crippen LogP contribution in [0.5, 0.6) is 0 Å². The Morgan fingerprint density at radius 1 is 0.892 bits per heavy atom. The maximum Gasteiger partial charge on any atom is 0.316 e. The second-order valence-corrected chi connectivity index (χ2v) is 20.2. The number of methoxy groups -OCH3 is 2. The average Bonchev–Trinajstić information content (AvgIpc) is 3.59. The molecule has 0 aromatic heterocycles. The fourth-order valence-corrected chi connectivity index (χ4v) is 11.2. The van der Waals surface area contributed by atoms with Crippen molar-refractivity contribution in [3.05, 3.63) is 58.7 Å². The SMILES string of the molecule is CO[C@H]1C[C@H](O[C@H]2[C@H](C)O[C@@H](O[C@@H]3/C(C)=C/C[C@@H]4C[C@@H](CC5(C[C@H](O)[C@H](C)C(/C(C)=C/C(C)C)O5)O4)OC(=O)[C@@H]4C=C(C)[C@@H](O)[C@H]5OC/C(=C\C=C\[C@@H]3C)[C@]54O)C[C@@H]2OC)O[C@@H](C)[C@@H]1O. The number of hydrogen-bond donors (Lipinski definition) is 4. The number of hydrogen-bond acceptors (Lipinski definition) is 15. The van der Waals surface area contributed by atoms with Crippen LogP contribution >= 0.6 is 0 Å². The van der Waals surface area contributed by atoms with Crippen molar-refractivity contribution < 1.29 is 72.6 Å². The Labute approximate surface area is 385 Å². The van der Waals surface area contributed by atoms with Crippen LogP contribution < -0.4 is 0 Å². The molecule has 7 rings (SSSR count). The minimum Gasteiger partial charge on any atom is -0.462 e. The molecular formula is C50H76O15. The number of ether oxygens (including phenoxy) is 10. The van der Waals surface area contributed by atoms with Crippen molar-refractivity contribution in [1.82, 2.24) is 0 Å². The molecule has 1 spiro atoms. The van der Waals surface area contributed by atoms with Gasteiger partial charge in [0.15, 0.2) is 18.4 Å². The topological polar surface area (TPSA) is 190 Å². The fraction of sp³-hybridized carbons (Fsp3) is 0.780. The van der Waals surface area contributed by atoms with Crippen molar-refractivity contribution in [2.45, 2.75) is 204 Å². The van der Waals surface area contributed by atoms with Gasteiger partial charge in [-0.2, -0.15) is 0 Å². The summed E-state index contributed by atoms with van der Waals surface area (Å²) in [4.78, 5) is 14.4. The number of allylic oxidation sites excluding steroid dienone is 3. The standard InChI is InChI=1S/C50H76O15/c1-25(2)17-29(6)45-30(7)37(51)23-49(65-45)22-35-19-34(64-49)16-15-27(4)44(26(3)13-12-14-33-24-58-47-42(52)28(5)18-36(48(54)61-35)50(33,47)55)62-41-21-39(57-11)46(32(9)60-41)63-40-20-38(56-10)43(53)31(8)59-40/h12-15,17-18,25-26,30-32,34-47,51-53,55H,16,19-24H2,1-11H3/b13-12+,27-15+,29-17+,33-14+/t26-,30-,31-,32-,34+,35-,36-,37-,38-,39-,40-,41-,42+,43-,44-,45?,46-,47+,49?,50+/m0/s1. The molecular weight excluding hydrogens is 841 g/mol. The zero-order valence-corrected chi connectivity index (χ0v) is 40.2. The van der Waals surface area contributed by atoms with Gasteiger partial charge in [0.05, 0.1) is 55.4 Å². The molecule has 65 heavy (non-hydrogen) atoms. The summed E-state index contributed by atoms with van der Waals surface area (Å²) in [5.74, 6) is -3.23. The first-order valence-electron chi connectivity index (χ1n) is 23.8. The molecule has 15 nitrogen and oxygen atoms in total. The van der Waals surface area contributed by atoms with Crippen molar-refractivity contribution in [3.8, 4) is 0 Å². The van der Waals surface area contributed by atoms with E-state index in [-0.39, 0.29) is 37.2 Å². The lowest BCUT2D eigenvalue weighted by Crippen LogP contribution is -2.59. The van der Waals surface area contributed by atoms with Crippen molar-refractivity contribution >= 4 is 5.97 Å². The third-order valence-corrected chi connectivity index (χ3v) is 14.8. The minimum absolute atomic E-state index is 0.00463. The highest BCUT2D eigenvalue weighted by Crippen LogP contribution is 2.48. The van der Waals surface area contributed by atoms with Crippen LogP contribution in [-0.2, 0) is 52.2 Å². The van der Waals surface area contributed by atoms with E-state index in [0.717, 1.165) is 11.1 Å². The summed E-state index contributed by atoms with van der Waals surface area (Å²) in [5.41, 5.74) is 0.989. The first-order chi connectivity index (χ1) is 30.8. The van der Waals surface area contributed by atoms with E-state index in [1.165, 1.54) is 0 Å². The number of aliphatic hydroxyl groups excluding tert-OH is 3. The molecule has 5 saturated heterocycles. The fourth-order valence-electron chi connectivity index (χ4n) is 11.2. The summed E-state index contributed by atoms with van der Waals surface area (Å²) >= 11 is 0. The summed E-state index contributed by atoms with van der Waals surface area (Å²) in [7, 11) is 3.20. The van der Waals surface area contributed by atoms with E-state index in [4.69, 9.17) is 47.4 Å². The zero-order chi connectivity index (χ0) is 47.1. The molecule has 6 heterocycles. The van der Waals surface area contributed by atoms with Crippen LogP contribution in [-0.4, -0.2) is 151 Å². The van der Waals surface area contributed by atoms with Gasteiger partial charge < -0.3 is 67.8 Å². The molecule has 20 atom stereocenters. The molecule has 4 N–H and O–H groups in total. The third-order valence-electron chi connectivity index (χ3n) is 14.8. The Hall–Kier alpha value is -2.35. The summed E-state index contributed by atoms with van der Waals surface area (Å²) in [6.07, 6.45) is 3.86. The number of fused-ring (bicyclic) bond motifs is 2.